The minimum Gasteiger partial charge on any atom is -0.379 e. The number of morpholine rings is 1. The second-order valence-electron chi connectivity index (χ2n) is 8.07. The highest BCUT2D eigenvalue weighted by Crippen LogP contribution is 2.33. The number of rotatable bonds is 4. The van der Waals surface area contributed by atoms with Crippen LogP contribution >= 0.6 is 24.0 Å². The van der Waals surface area contributed by atoms with Crippen LogP contribution in [0.2, 0.25) is 0 Å². The fraction of sp³-hybridized carbons (Fsp3) is 0.682. The molecular formula is C22H35IN4O2. The Hall–Kier alpha value is -0.900. The molecule has 3 saturated heterocycles. The first-order valence-electron chi connectivity index (χ1n) is 10.8. The molecule has 0 amide bonds. The zero-order valence-electron chi connectivity index (χ0n) is 17.5. The molecule has 1 N–H and O–H groups in total. The molecule has 3 atom stereocenters. The zero-order valence-corrected chi connectivity index (χ0v) is 19.8. The fourth-order valence-electron chi connectivity index (χ4n) is 4.79. The molecule has 7 heteroatoms. The van der Waals surface area contributed by atoms with Crippen LogP contribution in [0.4, 0.5) is 0 Å². The van der Waals surface area contributed by atoms with E-state index >= 15 is 0 Å². The van der Waals surface area contributed by atoms with E-state index in [1.165, 1.54) is 18.4 Å². The van der Waals surface area contributed by atoms with E-state index in [1.807, 2.05) is 7.05 Å². The quantitative estimate of drug-likeness (QED) is 0.381. The molecule has 1 aromatic carbocycles. The molecule has 0 saturated carbocycles. The molecule has 1 aromatic rings. The van der Waals surface area contributed by atoms with Gasteiger partial charge in [0.25, 0.3) is 0 Å². The summed E-state index contributed by atoms with van der Waals surface area (Å²) in [6.07, 6.45) is 3.72. The van der Waals surface area contributed by atoms with Gasteiger partial charge in [-0.2, -0.15) is 0 Å². The van der Waals surface area contributed by atoms with Crippen LogP contribution in [-0.2, 0) is 9.47 Å². The molecule has 0 aromatic heterocycles. The minimum absolute atomic E-state index is 0. The SMILES string of the molecule is CN=C(NCC1CCCOC1c1ccccc1)N1CCC(N2CCOCC2)C1.I. The van der Waals surface area contributed by atoms with Gasteiger partial charge in [0, 0.05) is 58.3 Å². The summed E-state index contributed by atoms with van der Waals surface area (Å²) in [6, 6.07) is 11.3. The van der Waals surface area contributed by atoms with Crippen molar-refractivity contribution in [1.82, 2.24) is 15.1 Å². The monoisotopic (exact) mass is 514 g/mol. The van der Waals surface area contributed by atoms with Crippen LogP contribution in [0.1, 0.15) is 30.9 Å². The minimum atomic E-state index is 0. The first-order valence-corrected chi connectivity index (χ1v) is 10.8. The van der Waals surface area contributed by atoms with Crippen molar-refractivity contribution in [2.75, 3.05) is 59.6 Å². The Morgan fingerprint density at radius 2 is 1.90 bits per heavy atom. The number of hydrogen-bond acceptors (Lipinski definition) is 4. The Morgan fingerprint density at radius 3 is 2.66 bits per heavy atom. The molecule has 0 radical (unpaired) electrons. The molecular weight excluding hydrogens is 479 g/mol. The smallest absolute Gasteiger partial charge is 0.193 e. The molecule has 3 unspecified atom stereocenters. The summed E-state index contributed by atoms with van der Waals surface area (Å²) in [5.74, 6) is 1.51. The first kappa shape index (κ1) is 22.8. The number of guanidine groups is 1. The zero-order chi connectivity index (χ0) is 19.2. The summed E-state index contributed by atoms with van der Waals surface area (Å²) < 4.78 is 11.7. The molecule has 3 aliphatic rings. The standard InChI is InChI=1S/C22H34N4O2.HI/c1-23-22(26-10-9-20(17-26)25-11-14-27-15-12-25)24-16-19-8-5-13-28-21(19)18-6-3-2-4-7-18;/h2-4,6-7,19-21H,5,8-17H2,1H3,(H,23,24);1H. The van der Waals surface area contributed by atoms with Gasteiger partial charge in [-0.1, -0.05) is 30.3 Å². The van der Waals surface area contributed by atoms with Crippen LogP contribution in [0.15, 0.2) is 35.3 Å². The maximum Gasteiger partial charge on any atom is 0.193 e. The number of ether oxygens (including phenoxy) is 2. The third kappa shape index (κ3) is 5.83. The highest BCUT2D eigenvalue weighted by molar-refractivity contribution is 14.0. The van der Waals surface area contributed by atoms with Crippen LogP contribution in [0.5, 0.6) is 0 Å². The van der Waals surface area contributed by atoms with Gasteiger partial charge in [0.2, 0.25) is 0 Å². The lowest BCUT2D eigenvalue weighted by atomic mass is 9.89. The van der Waals surface area contributed by atoms with E-state index in [0.717, 1.165) is 64.9 Å². The van der Waals surface area contributed by atoms with Crippen LogP contribution in [0.25, 0.3) is 0 Å². The van der Waals surface area contributed by atoms with E-state index in [2.05, 4.69) is 50.4 Å². The molecule has 29 heavy (non-hydrogen) atoms. The summed E-state index contributed by atoms with van der Waals surface area (Å²) in [5.41, 5.74) is 1.29. The number of nitrogens with zero attached hydrogens (tertiary/aromatic N) is 3. The average molecular weight is 514 g/mol. The topological polar surface area (TPSA) is 49.3 Å². The van der Waals surface area contributed by atoms with Gasteiger partial charge in [-0.05, 0) is 24.8 Å². The Bertz CT molecular complexity index is 639. The lowest BCUT2D eigenvalue weighted by Crippen LogP contribution is -2.47. The van der Waals surface area contributed by atoms with Crippen molar-refractivity contribution in [1.29, 1.82) is 0 Å². The highest BCUT2D eigenvalue weighted by atomic mass is 127. The molecule has 3 heterocycles. The third-order valence-electron chi connectivity index (χ3n) is 6.33. The maximum absolute atomic E-state index is 6.15. The van der Waals surface area contributed by atoms with Crippen LogP contribution in [0.3, 0.4) is 0 Å². The third-order valence-corrected chi connectivity index (χ3v) is 6.33. The van der Waals surface area contributed by atoms with Gasteiger partial charge < -0.3 is 19.7 Å². The molecule has 0 spiro atoms. The largest absolute Gasteiger partial charge is 0.379 e. The van der Waals surface area contributed by atoms with Gasteiger partial charge in [-0.15, -0.1) is 24.0 Å². The van der Waals surface area contributed by atoms with Crippen LogP contribution in [0, 0.1) is 5.92 Å². The Kier molecular flexibility index (Phi) is 9.02. The van der Waals surface area contributed by atoms with E-state index in [9.17, 15) is 0 Å². The number of hydrogen-bond donors (Lipinski definition) is 1. The number of likely N-dealkylation sites (tertiary alicyclic amines) is 1. The first-order chi connectivity index (χ1) is 13.8. The Balaban J connectivity index is 0.00000240. The Morgan fingerprint density at radius 1 is 1.10 bits per heavy atom. The van der Waals surface area contributed by atoms with Gasteiger partial charge in [0.05, 0.1) is 19.3 Å². The van der Waals surface area contributed by atoms with Crippen LogP contribution in [-0.4, -0.2) is 81.4 Å². The predicted molar refractivity (Wildman–Crippen MR) is 127 cm³/mol. The summed E-state index contributed by atoms with van der Waals surface area (Å²) in [4.78, 5) is 9.58. The van der Waals surface area contributed by atoms with E-state index in [-0.39, 0.29) is 30.1 Å². The normalized spacial score (nSPS) is 28.8. The highest BCUT2D eigenvalue weighted by Gasteiger charge is 2.32. The van der Waals surface area contributed by atoms with Crippen molar-refractivity contribution in [3.63, 3.8) is 0 Å². The maximum atomic E-state index is 6.15. The van der Waals surface area contributed by atoms with Crippen molar-refractivity contribution < 1.29 is 9.47 Å². The summed E-state index contributed by atoms with van der Waals surface area (Å²) in [7, 11) is 1.90. The predicted octanol–water partition coefficient (Wildman–Crippen LogP) is 2.75. The molecule has 0 bridgehead atoms. The molecule has 4 rings (SSSR count). The van der Waals surface area contributed by atoms with Gasteiger partial charge in [-0.3, -0.25) is 9.89 Å². The summed E-state index contributed by atoms with van der Waals surface area (Å²) in [5, 5.41) is 3.66. The van der Waals surface area contributed by atoms with Crippen molar-refractivity contribution in [2.45, 2.75) is 31.4 Å². The molecule has 0 aliphatic carbocycles. The molecule has 6 nitrogen and oxygen atoms in total. The number of aliphatic imine (C=N–C) groups is 1. The van der Waals surface area contributed by atoms with Crippen molar-refractivity contribution in [2.24, 2.45) is 10.9 Å². The second kappa shape index (κ2) is 11.5. The van der Waals surface area contributed by atoms with Crippen molar-refractivity contribution in [3.05, 3.63) is 35.9 Å². The van der Waals surface area contributed by atoms with Gasteiger partial charge in [0.1, 0.15) is 0 Å². The number of benzene rings is 1. The van der Waals surface area contributed by atoms with Crippen molar-refractivity contribution >= 4 is 29.9 Å². The number of halogens is 1. The lowest BCUT2D eigenvalue weighted by Gasteiger charge is -2.34. The molecule has 3 aliphatic heterocycles. The van der Waals surface area contributed by atoms with Gasteiger partial charge >= 0.3 is 0 Å². The summed E-state index contributed by atoms with van der Waals surface area (Å²) >= 11 is 0. The van der Waals surface area contributed by atoms with E-state index in [4.69, 9.17) is 9.47 Å². The second-order valence-corrected chi connectivity index (χ2v) is 8.07. The average Bonchev–Trinajstić information content (AvgIpc) is 3.26. The molecule has 162 valence electrons. The number of nitrogens with one attached hydrogen (secondary N) is 1. The van der Waals surface area contributed by atoms with Crippen LogP contribution < -0.4 is 5.32 Å². The van der Waals surface area contributed by atoms with E-state index in [1.54, 1.807) is 0 Å². The lowest BCUT2D eigenvalue weighted by molar-refractivity contribution is -0.0266. The van der Waals surface area contributed by atoms with Gasteiger partial charge in [-0.25, -0.2) is 0 Å². The summed E-state index contributed by atoms with van der Waals surface area (Å²) in [6.45, 7) is 7.75. The van der Waals surface area contributed by atoms with Crippen molar-refractivity contribution in [3.8, 4) is 0 Å². The fourth-order valence-corrected chi connectivity index (χ4v) is 4.79. The van der Waals surface area contributed by atoms with Gasteiger partial charge in [0.15, 0.2) is 5.96 Å². The molecule has 3 fully saturated rings. The van der Waals surface area contributed by atoms with E-state index in [0.29, 0.717) is 12.0 Å². The Labute approximate surface area is 192 Å². The van der Waals surface area contributed by atoms with E-state index < -0.39 is 0 Å².